The predicted octanol–water partition coefficient (Wildman–Crippen LogP) is 3.71. The third-order valence-corrected chi connectivity index (χ3v) is 4.82. The standard InChI is InChI=1S/C19H19ClN2O3/c1-3-19(14-8-10-15(20)11-9-14)17(23)22(18(24)21-19)12-13-6-4-5-7-16(13)25-2/h4-11H,3,12H2,1-2H3,(H,21,24). The summed E-state index contributed by atoms with van der Waals surface area (Å²) in [5.41, 5.74) is 0.431. The largest absolute Gasteiger partial charge is 0.496 e. The highest BCUT2D eigenvalue weighted by Gasteiger charge is 2.51. The molecule has 1 atom stereocenters. The zero-order valence-electron chi connectivity index (χ0n) is 14.1. The molecule has 0 aliphatic carbocycles. The fraction of sp³-hybridized carbons (Fsp3) is 0.263. The summed E-state index contributed by atoms with van der Waals surface area (Å²) >= 11 is 5.94. The zero-order valence-corrected chi connectivity index (χ0v) is 14.8. The van der Waals surface area contributed by atoms with Crippen molar-refractivity contribution in [2.24, 2.45) is 0 Å². The van der Waals surface area contributed by atoms with Crippen LogP contribution in [0.2, 0.25) is 5.02 Å². The lowest BCUT2D eigenvalue weighted by molar-refractivity contribution is -0.132. The molecular weight excluding hydrogens is 340 g/mol. The first-order chi connectivity index (χ1) is 12.0. The van der Waals surface area contributed by atoms with Gasteiger partial charge in [-0.3, -0.25) is 9.69 Å². The second-order valence-electron chi connectivity index (χ2n) is 5.90. The first-order valence-corrected chi connectivity index (χ1v) is 8.41. The molecule has 0 spiro atoms. The maximum atomic E-state index is 13.1. The summed E-state index contributed by atoms with van der Waals surface area (Å²) in [5.74, 6) is 0.372. The summed E-state index contributed by atoms with van der Waals surface area (Å²) in [6.07, 6.45) is 0.446. The molecule has 0 aromatic heterocycles. The number of benzene rings is 2. The first kappa shape index (κ1) is 17.3. The number of hydrogen-bond acceptors (Lipinski definition) is 3. The minimum atomic E-state index is -1.07. The Kier molecular flexibility index (Phi) is 4.68. The lowest BCUT2D eigenvalue weighted by Crippen LogP contribution is -2.43. The topological polar surface area (TPSA) is 58.6 Å². The molecule has 5 nitrogen and oxygen atoms in total. The Hall–Kier alpha value is -2.53. The summed E-state index contributed by atoms with van der Waals surface area (Å²) < 4.78 is 5.32. The maximum Gasteiger partial charge on any atom is 0.325 e. The molecule has 1 heterocycles. The minimum Gasteiger partial charge on any atom is -0.496 e. The zero-order chi connectivity index (χ0) is 18.0. The average Bonchev–Trinajstić information content (AvgIpc) is 2.88. The number of carbonyl (C=O) groups is 2. The van der Waals surface area contributed by atoms with Gasteiger partial charge >= 0.3 is 6.03 Å². The van der Waals surface area contributed by atoms with Crippen LogP contribution in [0, 0.1) is 0 Å². The number of para-hydroxylation sites is 1. The number of nitrogens with zero attached hydrogens (tertiary/aromatic N) is 1. The Balaban J connectivity index is 1.94. The molecule has 0 bridgehead atoms. The summed E-state index contributed by atoms with van der Waals surface area (Å²) in [5, 5.41) is 3.45. The first-order valence-electron chi connectivity index (χ1n) is 8.04. The van der Waals surface area contributed by atoms with Gasteiger partial charge in [0.05, 0.1) is 13.7 Å². The molecule has 3 rings (SSSR count). The second-order valence-corrected chi connectivity index (χ2v) is 6.34. The molecule has 1 fully saturated rings. The summed E-state index contributed by atoms with van der Waals surface area (Å²) in [6.45, 7) is 2.03. The second kappa shape index (κ2) is 6.76. The molecule has 1 N–H and O–H groups in total. The smallest absolute Gasteiger partial charge is 0.325 e. The van der Waals surface area contributed by atoms with E-state index in [2.05, 4.69) is 5.32 Å². The van der Waals surface area contributed by atoms with Crippen LogP contribution in [0.3, 0.4) is 0 Å². The van der Waals surface area contributed by atoms with E-state index < -0.39 is 11.6 Å². The molecule has 3 amide bonds. The van der Waals surface area contributed by atoms with Crippen molar-refractivity contribution >= 4 is 23.5 Å². The molecule has 130 valence electrons. The molecule has 2 aromatic carbocycles. The molecule has 0 saturated carbocycles. The van der Waals surface area contributed by atoms with E-state index in [1.807, 2.05) is 25.1 Å². The van der Waals surface area contributed by atoms with Gasteiger partial charge in [-0.25, -0.2) is 4.79 Å². The normalized spacial score (nSPS) is 19.9. The van der Waals surface area contributed by atoms with Gasteiger partial charge in [0.2, 0.25) is 0 Å². The van der Waals surface area contributed by atoms with Crippen LogP contribution in [0.5, 0.6) is 5.75 Å². The maximum absolute atomic E-state index is 13.1. The summed E-state index contributed by atoms with van der Waals surface area (Å²) in [4.78, 5) is 26.9. The van der Waals surface area contributed by atoms with Crippen LogP contribution >= 0.6 is 11.6 Å². The highest BCUT2D eigenvalue weighted by atomic mass is 35.5. The van der Waals surface area contributed by atoms with Gasteiger partial charge in [-0.15, -0.1) is 0 Å². The monoisotopic (exact) mass is 358 g/mol. The van der Waals surface area contributed by atoms with Gasteiger partial charge in [0, 0.05) is 10.6 Å². The fourth-order valence-electron chi connectivity index (χ4n) is 3.15. The number of amides is 3. The minimum absolute atomic E-state index is 0.157. The van der Waals surface area contributed by atoms with Gasteiger partial charge in [0.1, 0.15) is 11.3 Å². The van der Waals surface area contributed by atoms with E-state index in [4.69, 9.17) is 16.3 Å². The Morgan fingerprint density at radius 2 is 1.80 bits per heavy atom. The number of urea groups is 1. The van der Waals surface area contributed by atoms with E-state index in [1.165, 1.54) is 4.90 Å². The highest BCUT2D eigenvalue weighted by molar-refractivity contribution is 6.30. The SMILES string of the molecule is CCC1(c2ccc(Cl)cc2)NC(=O)N(Cc2ccccc2OC)C1=O. The molecule has 6 heteroatoms. The lowest BCUT2D eigenvalue weighted by atomic mass is 9.87. The predicted molar refractivity (Wildman–Crippen MR) is 95.5 cm³/mol. The van der Waals surface area contributed by atoms with Crippen LogP contribution in [0.4, 0.5) is 4.79 Å². The van der Waals surface area contributed by atoms with E-state index in [0.717, 1.165) is 11.1 Å². The number of nitrogens with one attached hydrogen (secondary N) is 1. The van der Waals surface area contributed by atoms with Crippen LogP contribution in [-0.2, 0) is 16.9 Å². The van der Waals surface area contributed by atoms with E-state index >= 15 is 0 Å². The number of carbonyl (C=O) groups excluding carboxylic acids is 2. The van der Waals surface area contributed by atoms with E-state index in [0.29, 0.717) is 17.2 Å². The van der Waals surface area contributed by atoms with Crippen LogP contribution < -0.4 is 10.1 Å². The van der Waals surface area contributed by atoms with Crippen molar-refractivity contribution in [3.05, 3.63) is 64.7 Å². The number of halogens is 1. The fourth-order valence-corrected chi connectivity index (χ4v) is 3.27. The lowest BCUT2D eigenvalue weighted by Gasteiger charge is -2.26. The number of methoxy groups -OCH3 is 1. The molecule has 1 unspecified atom stereocenters. The third-order valence-electron chi connectivity index (χ3n) is 4.56. The van der Waals surface area contributed by atoms with Gasteiger partial charge in [-0.05, 0) is 30.2 Å². The van der Waals surface area contributed by atoms with Crippen molar-refractivity contribution in [3.63, 3.8) is 0 Å². The molecule has 2 aromatic rings. The number of hydrogen-bond donors (Lipinski definition) is 1. The summed E-state index contributed by atoms with van der Waals surface area (Å²) in [7, 11) is 1.56. The van der Waals surface area contributed by atoms with E-state index in [9.17, 15) is 9.59 Å². The molecule has 1 aliphatic rings. The molecule has 0 radical (unpaired) electrons. The Bertz CT molecular complexity index is 807. The van der Waals surface area contributed by atoms with Crippen molar-refractivity contribution in [1.29, 1.82) is 0 Å². The number of ether oxygens (including phenoxy) is 1. The average molecular weight is 359 g/mol. The van der Waals surface area contributed by atoms with Crippen LogP contribution in [0.15, 0.2) is 48.5 Å². The van der Waals surface area contributed by atoms with Crippen molar-refractivity contribution in [1.82, 2.24) is 10.2 Å². The van der Waals surface area contributed by atoms with Gasteiger partial charge in [0.25, 0.3) is 5.91 Å². The van der Waals surface area contributed by atoms with Gasteiger partial charge in [0.15, 0.2) is 0 Å². The molecule has 1 aliphatic heterocycles. The van der Waals surface area contributed by atoms with Gasteiger partial charge in [-0.2, -0.15) is 0 Å². The van der Waals surface area contributed by atoms with Gasteiger partial charge in [-0.1, -0.05) is 48.9 Å². The van der Waals surface area contributed by atoms with Crippen LogP contribution in [0.1, 0.15) is 24.5 Å². The third kappa shape index (κ3) is 2.96. The Labute approximate surface area is 151 Å². The van der Waals surface area contributed by atoms with Gasteiger partial charge < -0.3 is 10.1 Å². The Morgan fingerprint density at radius 1 is 1.12 bits per heavy atom. The van der Waals surface area contributed by atoms with Crippen LogP contribution in [0.25, 0.3) is 0 Å². The molecule has 1 saturated heterocycles. The Morgan fingerprint density at radius 3 is 2.44 bits per heavy atom. The van der Waals surface area contributed by atoms with Crippen molar-refractivity contribution in [2.45, 2.75) is 25.4 Å². The van der Waals surface area contributed by atoms with Crippen molar-refractivity contribution in [3.8, 4) is 5.75 Å². The van der Waals surface area contributed by atoms with E-state index in [-0.39, 0.29) is 12.5 Å². The van der Waals surface area contributed by atoms with Crippen molar-refractivity contribution < 1.29 is 14.3 Å². The van der Waals surface area contributed by atoms with Crippen molar-refractivity contribution in [2.75, 3.05) is 7.11 Å². The summed E-state index contributed by atoms with van der Waals surface area (Å²) in [6, 6.07) is 13.9. The highest BCUT2D eigenvalue weighted by Crippen LogP contribution is 2.34. The quantitative estimate of drug-likeness (QED) is 0.829. The molecule has 25 heavy (non-hydrogen) atoms. The number of imide groups is 1. The molecular formula is C19H19ClN2O3. The number of rotatable bonds is 5. The van der Waals surface area contributed by atoms with Crippen LogP contribution in [-0.4, -0.2) is 23.9 Å². The van der Waals surface area contributed by atoms with E-state index in [1.54, 1.807) is 37.4 Å².